The molecule has 0 saturated carbocycles. The zero-order chi connectivity index (χ0) is 19.8. The number of aromatic nitrogens is 1. The van der Waals surface area contributed by atoms with Crippen molar-refractivity contribution in [2.24, 2.45) is 0 Å². The predicted molar refractivity (Wildman–Crippen MR) is 121 cm³/mol. The van der Waals surface area contributed by atoms with Crippen LogP contribution in [-0.2, 0) is 13.0 Å². The number of ether oxygens (including phenoxy) is 1. The molecule has 0 unspecified atom stereocenters. The van der Waals surface area contributed by atoms with E-state index < -0.39 is 0 Å². The molecule has 1 aromatic heterocycles. The molecule has 3 heteroatoms. The summed E-state index contributed by atoms with van der Waals surface area (Å²) >= 11 is 0. The third kappa shape index (κ3) is 3.16. The van der Waals surface area contributed by atoms with E-state index in [-0.39, 0.29) is 0 Å². The van der Waals surface area contributed by atoms with E-state index in [9.17, 15) is 0 Å². The van der Waals surface area contributed by atoms with Gasteiger partial charge in [0.2, 0.25) is 0 Å². The summed E-state index contributed by atoms with van der Waals surface area (Å²) in [7, 11) is 0. The third-order valence-corrected chi connectivity index (χ3v) is 6.04. The first-order valence-electron chi connectivity index (χ1n) is 10.6. The number of benzene rings is 3. The second-order valence-corrected chi connectivity index (χ2v) is 7.67. The molecule has 0 bridgehead atoms. The Morgan fingerprint density at radius 2 is 1.76 bits per heavy atom. The van der Waals surface area contributed by atoms with Crippen molar-refractivity contribution in [3.8, 4) is 17.0 Å². The second kappa shape index (κ2) is 7.49. The largest absolute Gasteiger partial charge is 0.494 e. The van der Waals surface area contributed by atoms with Crippen LogP contribution in [0.3, 0.4) is 0 Å². The lowest BCUT2D eigenvalue weighted by Crippen LogP contribution is -2.31. The van der Waals surface area contributed by atoms with Crippen molar-refractivity contribution < 1.29 is 4.74 Å². The lowest BCUT2D eigenvalue weighted by atomic mass is 9.89. The van der Waals surface area contributed by atoms with Gasteiger partial charge in [0.1, 0.15) is 5.75 Å². The summed E-state index contributed by atoms with van der Waals surface area (Å²) in [4.78, 5) is 7.70. The number of nitrogens with zero attached hydrogens (tertiary/aromatic N) is 2. The summed E-state index contributed by atoms with van der Waals surface area (Å²) in [5.74, 6) is 0.909. The van der Waals surface area contributed by atoms with E-state index in [4.69, 9.17) is 9.72 Å². The molecule has 0 radical (unpaired) electrons. The van der Waals surface area contributed by atoms with Gasteiger partial charge in [-0.1, -0.05) is 37.3 Å². The molecule has 0 fully saturated rings. The van der Waals surface area contributed by atoms with Crippen molar-refractivity contribution in [2.75, 3.05) is 19.7 Å². The van der Waals surface area contributed by atoms with Crippen LogP contribution >= 0.6 is 0 Å². The average Bonchev–Trinajstić information content (AvgIpc) is 2.78. The Morgan fingerprint density at radius 3 is 2.55 bits per heavy atom. The third-order valence-electron chi connectivity index (χ3n) is 6.04. The van der Waals surface area contributed by atoms with E-state index in [1.54, 1.807) is 0 Å². The van der Waals surface area contributed by atoms with E-state index in [2.05, 4.69) is 72.5 Å². The number of fused-ring (bicyclic) bond motifs is 5. The molecule has 0 N–H and O–H groups in total. The highest BCUT2D eigenvalue weighted by molar-refractivity contribution is 6.09. The van der Waals surface area contributed by atoms with E-state index in [0.717, 1.165) is 48.6 Å². The maximum atomic E-state index is 5.63. The number of hydrogen-bond donors (Lipinski definition) is 0. The molecule has 0 atom stereocenters. The molecule has 0 aliphatic carbocycles. The Balaban J connectivity index is 1.76. The highest BCUT2D eigenvalue weighted by atomic mass is 16.5. The first-order chi connectivity index (χ1) is 14.3. The van der Waals surface area contributed by atoms with Crippen molar-refractivity contribution in [3.05, 3.63) is 71.8 Å². The van der Waals surface area contributed by atoms with Gasteiger partial charge in [-0.15, -0.1) is 0 Å². The minimum Gasteiger partial charge on any atom is -0.494 e. The Hall–Kier alpha value is -2.91. The Kier molecular flexibility index (Phi) is 4.69. The summed E-state index contributed by atoms with van der Waals surface area (Å²) < 4.78 is 5.63. The van der Waals surface area contributed by atoms with Crippen molar-refractivity contribution in [3.63, 3.8) is 0 Å². The monoisotopic (exact) mass is 382 g/mol. The van der Waals surface area contributed by atoms with Gasteiger partial charge in [-0.25, -0.2) is 4.98 Å². The van der Waals surface area contributed by atoms with Crippen LogP contribution in [0.25, 0.3) is 32.9 Å². The summed E-state index contributed by atoms with van der Waals surface area (Å²) in [5.41, 5.74) is 6.23. The van der Waals surface area contributed by atoms with Crippen molar-refractivity contribution >= 4 is 21.7 Å². The van der Waals surface area contributed by atoms with Crippen LogP contribution in [0.1, 0.15) is 25.0 Å². The van der Waals surface area contributed by atoms with Gasteiger partial charge < -0.3 is 4.74 Å². The fourth-order valence-electron chi connectivity index (χ4n) is 4.56. The smallest absolute Gasteiger partial charge is 0.119 e. The lowest BCUT2D eigenvalue weighted by Gasteiger charge is -2.30. The molecule has 5 rings (SSSR count). The number of likely N-dealkylation sites (N-methyl/N-ethyl adjacent to an activating group) is 1. The molecule has 4 aromatic rings. The van der Waals surface area contributed by atoms with Crippen LogP contribution in [0.5, 0.6) is 5.75 Å². The van der Waals surface area contributed by atoms with Crippen molar-refractivity contribution in [1.82, 2.24) is 9.88 Å². The summed E-state index contributed by atoms with van der Waals surface area (Å²) in [6, 6.07) is 21.5. The molecule has 29 heavy (non-hydrogen) atoms. The number of rotatable bonds is 4. The van der Waals surface area contributed by atoms with Crippen molar-refractivity contribution in [2.45, 2.75) is 26.8 Å². The van der Waals surface area contributed by atoms with Gasteiger partial charge >= 0.3 is 0 Å². The van der Waals surface area contributed by atoms with Crippen molar-refractivity contribution in [1.29, 1.82) is 0 Å². The first kappa shape index (κ1) is 18.1. The molecule has 0 amide bonds. The zero-order valence-electron chi connectivity index (χ0n) is 17.1. The average molecular weight is 383 g/mol. The molecule has 3 aromatic carbocycles. The molecule has 0 saturated heterocycles. The molecule has 146 valence electrons. The topological polar surface area (TPSA) is 25.4 Å². The Morgan fingerprint density at radius 1 is 0.931 bits per heavy atom. The lowest BCUT2D eigenvalue weighted by molar-refractivity contribution is 0.269. The highest BCUT2D eigenvalue weighted by Gasteiger charge is 2.23. The van der Waals surface area contributed by atoms with E-state index in [1.165, 1.54) is 27.3 Å². The molecule has 1 aliphatic heterocycles. The van der Waals surface area contributed by atoms with E-state index in [1.807, 2.05) is 6.92 Å². The normalized spacial score (nSPS) is 14.3. The molecular weight excluding hydrogens is 356 g/mol. The first-order valence-corrected chi connectivity index (χ1v) is 10.6. The number of pyridine rings is 1. The fourth-order valence-corrected chi connectivity index (χ4v) is 4.56. The maximum absolute atomic E-state index is 5.63. The minimum atomic E-state index is 0.682. The molecule has 2 heterocycles. The SMILES string of the molecule is CCOc1ccc(-c2nc3ccc4ccccc4c3c3c2CN(CC)CC3)cc1. The molecule has 1 aliphatic rings. The molecule has 0 spiro atoms. The quantitative estimate of drug-likeness (QED) is 0.415. The fraction of sp³-hybridized carbons (Fsp3) is 0.269. The van der Waals surface area contributed by atoms with E-state index >= 15 is 0 Å². The number of hydrogen-bond acceptors (Lipinski definition) is 3. The van der Waals surface area contributed by atoms with Crippen LogP contribution in [0.2, 0.25) is 0 Å². The second-order valence-electron chi connectivity index (χ2n) is 7.67. The minimum absolute atomic E-state index is 0.682. The van der Waals surface area contributed by atoms with Gasteiger partial charge in [-0.2, -0.15) is 0 Å². The van der Waals surface area contributed by atoms with Crippen LogP contribution in [0, 0.1) is 0 Å². The molecular formula is C26H26N2O. The summed E-state index contributed by atoms with van der Waals surface area (Å²) in [6.45, 7) is 8.07. The molecule has 3 nitrogen and oxygen atoms in total. The van der Waals surface area contributed by atoms with Gasteiger partial charge in [0.15, 0.2) is 0 Å². The Bertz CT molecular complexity index is 1180. The summed E-state index contributed by atoms with van der Waals surface area (Å²) in [5, 5.41) is 3.94. The standard InChI is InChI=1S/C26H26N2O/c1-3-28-16-15-22-23(17-28)26(19-9-12-20(13-10-19)29-4-2)27-24-14-11-18-7-5-6-8-21(18)25(22)24/h5-14H,3-4,15-17H2,1-2H3. The van der Waals surface area contributed by atoms with Gasteiger partial charge in [-0.05, 0) is 72.1 Å². The van der Waals surface area contributed by atoms with Crippen LogP contribution in [0.4, 0.5) is 0 Å². The Labute approximate surface area is 171 Å². The van der Waals surface area contributed by atoms with Gasteiger partial charge in [0.25, 0.3) is 0 Å². The van der Waals surface area contributed by atoms with Crippen LogP contribution < -0.4 is 4.74 Å². The van der Waals surface area contributed by atoms with Gasteiger partial charge in [0, 0.05) is 24.0 Å². The highest BCUT2D eigenvalue weighted by Crippen LogP contribution is 2.37. The maximum Gasteiger partial charge on any atom is 0.119 e. The predicted octanol–water partition coefficient (Wildman–Crippen LogP) is 5.83. The van der Waals surface area contributed by atoms with E-state index in [0.29, 0.717) is 6.61 Å². The van der Waals surface area contributed by atoms with Gasteiger partial charge in [0.05, 0.1) is 17.8 Å². The summed E-state index contributed by atoms with van der Waals surface area (Å²) in [6.07, 6.45) is 1.07. The zero-order valence-corrected chi connectivity index (χ0v) is 17.1. The van der Waals surface area contributed by atoms with Crippen LogP contribution in [0.15, 0.2) is 60.7 Å². The van der Waals surface area contributed by atoms with Gasteiger partial charge in [-0.3, -0.25) is 4.90 Å². The van der Waals surface area contributed by atoms with Crippen LogP contribution in [-0.4, -0.2) is 29.6 Å².